The molecule has 75 valence electrons. The minimum absolute atomic E-state index is 0.236. The van der Waals surface area contributed by atoms with Crippen molar-refractivity contribution in [2.45, 2.75) is 0 Å². The number of rotatable bonds is 2. The van der Waals surface area contributed by atoms with Gasteiger partial charge < -0.3 is 22.9 Å². The Hall–Kier alpha value is 1.12. The van der Waals surface area contributed by atoms with Crippen molar-refractivity contribution >= 4 is 24.3 Å². The van der Waals surface area contributed by atoms with Crippen LogP contribution in [0, 0.1) is 0 Å². The van der Waals surface area contributed by atoms with Crippen LogP contribution in [0.25, 0.3) is 22.9 Å². The zero-order valence-electron chi connectivity index (χ0n) is 5.92. The molecule has 0 saturated carbocycles. The Balaban J connectivity index is -0.0000000886. The van der Waals surface area contributed by atoms with Crippen LogP contribution in [0.5, 0.6) is 0 Å². The zero-order valence-corrected chi connectivity index (χ0v) is 9.30. The average molecular weight is 290 g/mol. The standard InChI is InChI=1S/2C2H6N2.BrH.ClH.Co/c2*3-1-2-4;;;/h2*3-4H,1-2H2;2*1H;/q2*-2;;;+2/p-2. The topological polar surface area (TPSA) is 95.2 Å². The Labute approximate surface area is 85.3 Å². The maximum atomic E-state index is 6.26. The fourth-order valence-corrected chi connectivity index (χ4v) is 0. The van der Waals surface area contributed by atoms with Gasteiger partial charge in [0.15, 0.2) is 0 Å². The smallest absolute Gasteiger partial charge is 0.171 e. The molecule has 0 amide bonds. The molecule has 0 spiro atoms. The van der Waals surface area contributed by atoms with Gasteiger partial charge in [0.25, 0.3) is 0 Å². The van der Waals surface area contributed by atoms with Gasteiger partial charge in [-0.05, 0) is 0 Å². The van der Waals surface area contributed by atoms with Gasteiger partial charge in [0, 0.05) is 0 Å². The molecule has 0 unspecified atom stereocenters. The maximum Gasteiger partial charge on any atom is -0.171 e. The van der Waals surface area contributed by atoms with Gasteiger partial charge in [-0.15, -0.1) is 0 Å². The first-order valence-electron chi connectivity index (χ1n) is 2.67. The summed E-state index contributed by atoms with van der Waals surface area (Å²) in [5.74, 6) is 0. The molecular weight excluding hydrogens is 278 g/mol. The van der Waals surface area contributed by atoms with Crippen LogP contribution in [0.2, 0.25) is 0 Å². The van der Waals surface area contributed by atoms with E-state index in [1.807, 2.05) is 0 Å². The van der Waals surface area contributed by atoms with Crippen molar-refractivity contribution < 1.29 is 12.0 Å². The molecule has 0 rings (SSSR count). The second kappa shape index (κ2) is 30.4. The van der Waals surface area contributed by atoms with Gasteiger partial charge >= 0.3 is 36.3 Å². The normalized spacial score (nSPS) is 7.45. The molecule has 0 bridgehead atoms. The molecule has 0 aromatic heterocycles. The van der Waals surface area contributed by atoms with Crippen LogP contribution in [0.4, 0.5) is 0 Å². The molecule has 0 radical (unpaired) electrons. The van der Waals surface area contributed by atoms with Crippen LogP contribution in [0.15, 0.2) is 0 Å². The Morgan fingerprint density at radius 3 is 1.00 bits per heavy atom. The summed E-state index contributed by atoms with van der Waals surface area (Å²) in [5, 5.41) is 0. The first kappa shape index (κ1) is 18.0. The summed E-state index contributed by atoms with van der Waals surface area (Å²) >= 11 is 3.60. The fraction of sp³-hybridized carbons (Fsp3) is 1.00. The van der Waals surface area contributed by atoms with E-state index in [0.29, 0.717) is 0 Å². The number of hydrogen-bond acceptors (Lipinski definition) is 0. The summed E-state index contributed by atoms with van der Waals surface area (Å²) < 4.78 is 0. The molecule has 0 fully saturated rings. The minimum Gasteiger partial charge on any atom is -0.679 e. The molecule has 0 aliphatic carbocycles. The van der Waals surface area contributed by atoms with Gasteiger partial charge in [0.1, 0.15) is 0 Å². The van der Waals surface area contributed by atoms with Gasteiger partial charge in [0.2, 0.25) is 0 Å². The van der Waals surface area contributed by atoms with E-state index in [2.05, 4.69) is 14.2 Å². The summed E-state index contributed by atoms with van der Waals surface area (Å²) in [6.45, 7) is 0.944. The number of hydrogen-bond donors (Lipinski definition) is 0. The molecule has 0 atom stereocenters. The van der Waals surface area contributed by atoms with Crippen molar-refractivity contribution in [3.8, 4) is 0 Å². The molecule has 0 aromatic rings. The Morgan fingerprint density at radius 2 is 1.00 bits per heavy atom. The Kier molecular flexibility index (Phi) is 49.8. The number of halogens is 2. The van der Waals surface area contributed by atoms with E-state index >= 15 is 0 Å². The Bertz CT molecular complexity index is 37.3. The van der Waals surface area contributed by atoms with E-state index in [0.717, 1.165) is 12.0 Å². The van der Waals surface area contributed by atoms with E-state index in [4.69, 9.17) is 33.1 Å². The third kappa shape index (κ3) is 95.1. The van der Waals surface area contributed by atoms with Crippen molar-refractivity contribution in [1.29, 1.82) is 0 Å². The first-order chi connectivity index (χ1) is 5.24. The molecule has 11 heavy (non-hydrogen) atoms. The first-order valence-corrected chi connectivity index (χ1v) is 6.67. The van der Waals surface area contributed by atoms with Crippen molar-refractivity contribution in [3.63, 3.8) is 0 Å². The van der Waals surface area contributed by atoms with Gasteiger partial charge in [-0.25, -0.2) is 0 Å². The average Bonchev–Trinajstić information content (AvgIpc) is 2.06. The van der Waals surface area contributed by atoms with Crippen molar-refractivity contribution in [3.05, 3.63) is 22.9 Å². The second-order valence-corrected chi connectivity index (χ2v) is 4.06. The van der Waals surface area contributed by atoms with E-state index in [9.17, 15) is 0 Å². The third-order valence-corrected chi connectivity index (χ3v) is 0.250. The maximum absolute atomic E-state index is 6.26. The minimum atomic E-state index is 0.236. The summed E-state index contributed by atoms with van der Waals surface area (Å²) in [7, 11) is 4.88. The summed E-state index contributed by atoms with van der Waals surface area (Å²) in [6.07, 6.45) is 0. The van der Waals surface area contributed by atoms with Crippen LogP contribution < -0.4 is 0 Å². The number of nitrogens with one attached hydrogen (secondary N) is 4. The predicted octanol–water partition coefficient (Wildman–Crippen LogP) is 3.71. The molecular formula is C4H12BrClCoN4-4. The second-order valence-electron chi connectivity index (χ2n) is 1.05. The Morgan fingerprint density at radius 1 is 0.909 bits per heavy atom. The quantitative estimate of drug-likeness (QED) is 0.741. The molecule has 0 heterocycles. The fourth-order valence-electron chi connectivity index (χ4n) is 0. The molecule has 0 aliphatic rings. The molecule has 0 aromatic carbocycles. The van der Waals surface area contributed by atoms with Crippen LogP contribution in [0.3, 0.4) is 0 Å². The summed E-state index contributed by atoms with van der Waals surface area (Å²) in [5.41, 5.74) is 25.1. The van der Waals surface area contributed by atoms with Gasteiger partial charge in [-0.2, -0.15) is 26.2 Å². The van der Waals surface area contributed by atoms with Crippen LogP contribution >= 0.6 is 24.3 Å². The van der Waals surface area contributed by atoms with Gasteiger partial charge in [-0.3, -0.25) is 0 Å². The van der Waals surface area contributed by atoms with Crippen LogP contribution in [-0.2, 0) is 12.0 Å². The predicted molar refractivity (Wildman–Crippen MR) is 51.5 cm³/mol. The monoisotopic (exact) mass is 289 g/mol. The molecule has 0 saturated heterocycles. The summed E-state index contributed by atoms with van der Waals surface area (Å²) in [6, 6.07) is 0. The zero-order chi connectivity index (χ0) is 9.54. The van der Waals surface area contributed by atoms with Gasteiger partial charge in [0.05, 0.1) is 0 Å². The van der Waals surface area contributed by atoms with E-state index in [1.54, 1.807) is 0 Å². The SMILES string of the molecule is [Cl][Co][Br].[NH-]CC[NH-].[NH-]CC[NH-]. The molecule has 4 N–H and O–H groups in total. The van der Waals surface area contributed by atoms with Crippen molar-refractivity contribution in [1.82, 2.24) is 0 Å². The largest absolute Gasteiger partial charge is 0.679 e. The molecule has 7 heteroatoms. The van der Waals surface area contributed by atoms with E-state index < -0.39 is 0 Å². The van der Waals surface area contributed by atoms with E-state index in [-0.39, 0.29) is 26.2 Å². The van der Waals surface area contributed by atoms with Crippen LogP contribution in [-0.4, -0.2) is 26.2 Å². The van der Waals surface area contributed by atoms with Crippen LogP contribution in [0.1, 0.15) is 0 Å². The van der Waals surface area contributed by atoms with E-state index in [1.165, 1.54) is 0 Å². The summed E-state index contributed by atoms with van der Waals surface area (Å²) in [4.78, 5) is 0. The van der Waals surface area contributed by atoms with Crippen molar-refractivity contribution in [2.24, 2.45) is 0 Å². The molecule has 0 aliphatic heterocycles. The molecule has 4 nitrogen and oxygen atoms in total. The van der Waals surface area contributed by atoms with Crippen molar-refractivity contribution in [2.75, 3.05) is 26.2 Å². The third-order valence-electron chi connectivity index (χ3n) is 0.250. The van der Waals surface area contributed by atoms with Gasteiger partial charge in [-0.1, -0.05) is 0 Å².